The van der Waals surface area contributed by atoms with Gasteiger partial charge in [-0.1, -0.05) is 13.0 Å². The molecular weight excluding hydrogens is 280 g/mol. The maximum atomic E-state index is 11.6. The summed E-state index contributed by atoms with van der Waals surface area (Å²) in [5.41, 5.74) is 0. The number of carbonyl (C=O) groups is 2. The molecule has 2 N–H and O–H groups in total. The Hall–Kier alpha value is -1.60. The van der Waals surface area contributed by atoms with Gasteiger partial charge in [-0.25, -0.2) is 0 Å². The summed E-state index contributed by atoms with van der Waals surface area (Å²) in [4.78, 5) is 21.9. The molecule has 0 aromatic rings. The molecular formula is C18H26O4. The van der Waals surface area contributed by atoms with E-state index in [1.165, 1.54) is 0 Å². The summed E-state index contributed by atoms with van der Waals surface area (Å²) in [6.07, 6.45) is 8.17. The van der Waals surface area contributed by atoms with Crippen molar-refractivity contribution in [2.75, 3.05) is 0 Å². The number of rotatable bonds is 8. The van der Waals surface area contributed by atoms with Crippen LogP contribution in [0.2, 0.25) is 0 Å². The van der Waals surface area contributed by atoms with E-state index in [2.05, 4.69) is 11.8 Å². The van der Waals surface area contributed by atoms with Crippen LogP contribution in [-0.2, 0) is 9.59 Å². The van der Waals surface area contributed by atoms with Crippen LogP contribution in [0.25, 0.3) is 0 Å². The molecule has 0 saturated heterocycles. The second kappa shape index (κ2) is 10.2. The number of aliphatic hydroxyl groups is 1. The minimum atomic E-state index is -0.796. The van der Waals surface area contributed by atoms with Gasteiger partial charge in [0.15, 0.2) is 5.78 Å². The Kier molecular flexibility index (Phi) is 8.54. The molecule has 0 radical (unpaired) electrons. The number of ketones is 1. The molecule has 0 aromatic heterocycles. The van der Waals surface area contributed by atoms with Crippen LogP contribution >= 0.6 is 0 Å². The van der Waals surface area contributed by atoms with Gasteiger partial charge in [0, 0.05) is 31.6 Å². The molecule has 3 atom stereocenters. The Balaban J connectivity index is 2.43. The third-order valence-corrected chi connectivity index (χ3v) is 4.02. The van der Waals surface area contributed by atoms with E-state index in [-0.39, 0.29) is 30.1 Å². The van der Waals surface area contributed by atoms with Crippen LogP contribution in [0.1, 0.15) is 58.3 Å². The first-order chi connectivity index (χ1) is 10.5. The standard InChI is InChI=1S/C18H26O4/c1-2-7-15(19)12-10-14-11-13-17(20)16(14)8-5-3-4-6-9-18(21)22/h10,12,14,16-17,20H,2,4,6-9,11,13H2,1H3,(H,21,22). The summed E-state index contributed by atoms with van der Waals surface area (Å²) in [6.45, 7) is 1.98. The third kappa shape index (κ3) is 6.91. The second-order valence-corrected chi connectivity index (χ2v) is 5.85. The number of carboxylic acids is 1. The van der Waals surface area contributed by atoms with E-state index >= 15 is 0 Å². The Morgan fingerprint density at radius 1 is 1.23 bits per heavy atom. The Bertz CT molecular complexity index is 455. The molecule has 0 amide bonds. The summed E-state index contributed by atoms with van der Waals surface area (Å²) in [5, 5.41) is 18.6. The molecule has 1 saturated carbocycles. The molecule has 0 bridgehead atoms. The summed E-state index contributed by atoms with van der Waals surface area (Å²) in [6, 6.07) is 0. The van der Waals surface area contributed by atoms with E-state index in [0.717, 1.165) is 19.3 Å². The lowest BCUT2D eigenvalue weighted by atomic mass is 9.91. The molecule has 1 rings (SSSR count). The van der Waals surface area contributed by atoms with Gasteiger partial charge in [-0.3, -0.25) is 9.59 Å². The van der Waals surface area contributed by atoms with Gasteiger partial charge in [-0.2, -0.15) is 0 Å². The van der Waals surface area contributed by atoms with Crippen molar-refractivity contribution in [3.8, 4) is 11.8 Å². The van der Waals surface area contributed by atoms with E-state index in [9.17, 15) is 14.7 Å². The van der Waals surface area contributed by atoms with Crippen molar-refractivity contribution in [2.24, 2.45) is 11.8 Å². The van der Waals surface area contributed by atoms with Crippen LogP contribution in [0.3, 0.4) is 0 Å². The monoisotopic (exact) mass is 306 g/mol. The van der Waals surface area contributed by atoms with Gasteiger partial charge in [-0.15, -0.1) is 11.8 Å². The van der Waals surface area contributed by atoms with E-state index in [1.54, 1.807) is 6.08 Å². The highest BCUT2D eigenvalue weighted by atomic mass is 16.4. The molecule has 122 valence electrons. The first kappa shape index (κ1) is 18.4. The number of hydrogen-bond donors (Lipinski definition) is 2. The quantitative estimate of drug-likeness (QED) is 0.411. The topological polar surface area (TPSA) is 74.6 Å². The number of aliphatic hydroxyl groups excluding tert-OH is 1. The maximum Gasteiger partial charge on any atom is 0.303 e. The predicted molar refractivity (Wildman–Crippen MR) is 85.2 cm³/mol. The van der Waals surface area contributed by atoms with Gasteiger partial charge >= 0.3 is 5.97 Å². The molecule has 1 aliphatic rings. The average Bonchev–Trinajstić information content (AvgIpc) is 2.81. The number of hydrogen-bond acceptors (Lipinski definition) is 3. The summed E-state index contributed by atoms with van der Waals surface area (Å²) in [5.74, 6) is 5.67. The van der Waals surface area contributed by atoms with Gasteiger partial charge in [0.25, 0.3) is 0 Å². The Labute approximate surface area is 132 Å². The highest BCUT2D eigenvalue weighted by Crippen LogP contribution is 2.35. The normalized spacial score (nSPS) is 24.2. The van der Waals surface area contributed by atoms with Crippen LogP contribution in [0.15, 0.2) is 12.2 Å². The number of carbonyl (C=O) groups excluding carboxylic acids is 1. The lowest BCUT2D eigenvalue weighted by Crippen LogP contribution is -2.17. The van der Waals surface area contributed by atoms with Gasteiger partial charge in [0.1, 0.15) is 0 Å². The molecule has 0 aromatic carbocycles. The maximum absolute atomic E-state index is 11.6. The van der Waals surface area contributed by atoms with E-state index in [0.29, 0.717) is 25.7 Å². The Morgan fingerprint density at radius 3 is 2.68 bits per heavy atom. The minimum Gasteiger partial charge on any atom is -0.481 e. The fraction of sp³-hybridized carbons (Fsp3) is 0.667. The second-order valence-electron chi connectivity index (χ2n) is 5.85. The number of unbranched alkanes of at least 4 members (excludes halogenated alkanes) is 1. The van der Waals surface area contributed by atoms with Crippen LogP contribution < -0.4 is 0 Å². The number of allylic oxidation sites excluding steroid dienone is 2. The molecule has 1 aliphatic carbocycles. The molecule has 4 nitrogen and oxygen atoms in total. The Morgan fingerprint density at radius 2 is 2.00 bits per heavy atom. The van der Waals surface area contributed by atoms with Crippen LogP contribution in [0.4, 0.5) is 0 Å². The molecule has 0 spiro atoms. The zero-order valence-electron chi connectivity index (χ0n) is 13.3. The van der Waals surface area contributed by atoms with Crippen LogP contribution in [0.5, 0.6) is 0 Å². The number of carboxylic acid groups (broad SMARTS) is 1. The molecule has 1 fully saturated rings. The van der Waals surface area contributed by atoms with Crippen LogP contribution in [0, 0.1) is 23.7 Å². The van der Waals surface area contributed by atoms with E-state index in [4.69, 9.17) is 5.11 Å². The fourth-order valence-electron chi connectivity index (χ4n) is 2.77. The van der Waals surface area contributed by atoms with Crippen molar-refractivity contribution in [3.05, 3.63) is 12.2 Å². The summed E-state index contributed by atoms with van der Waals surface area (Å²) >= 11 is 0. The molecule has 22 heavy (non-hydrogen) atoms. The lowest BCUT2D eigenvalue weighted by molar-refractivity contribution is -0.137. The fourth-order valence-corrected chi connectivity index (χ4v) is 2.77. The van der Waals surface area contributed by atoms with Crippen molar-refractivity contribution >= 4 is 11.8 Å². The van der Waals surface area contributed by atoms with Gasteiger partial charge in [0.2, 0.25) is 0 Å². The van der Waals surface area contributed by atoms with Crippen molar-refractivity contribution in [2.45, 2.75) is 64.4 Å². The van der Waals surface area contributed by atoms with Crippen molar-refractivity contribution in [3.63, 3.8) is 0 Å². The van der Waals surface area contributed by atoms with Crippen LogP contribution in [-0.4, -0.2) is 28.1 Å². The predicted octanol–water partition coefficient (Wildman–Crippen LogP) is 2.95. The van der Waals surface area contributed by atoms with Gasteiger partial charge in [0.05, 0.1) is 6.10 Å². The molecule has 4 heteroatoms. The highest BCUT2D eigenvalue weighted by molar-refractivity contribution is 5.89. The highest BCUT2D eigenvalue weighted by Gasteiger charge is 2.32. The smallest absolute Gasteiger partial charge is 0.303 e. The third-order valence-electron chi connectivity index (χ3n) is 4.02. The zero-order chi connectivity index (χ0) is 16.4. The van der Waals surface area contributed by atoms with Gasteiger partial charge in [-0.05, 0) is 37.7 Å². The van der Waals surface area contributed by atoms with Crippen molar-refractivity contribution in [1.82, 2.24) is 0 Å². The van der Waals surface area contributed by atoms with Crippen molar-refractivity contribution < 1.29 is 19.8 Å². The SMILES string of the molecule is CCCC(=O)C=CC1CCC(O)C1CC#CCCCC(=O)O. The minimum absolute atomic E-state index is 0.0812. The van der Waals surface area contributed by atoms with Crippen molar-refractivity contribution in [1.29, 1.82) is 0 Å². The van der Waals surface area contributed by atoms with E-state index < -0.39 is 5.97 Å². The molecule has 0 heterocycles. The first-order valence-corrected chi connectivity index (χ1v) is 8.11. The van der Waals surface area contributed by atoms with Gasteiger partial charge < -0.3 is 10.2 Å². The van der Waals surface area contributed by atoms with E-state index in [1.807, 2.05) is 13.0 Å². The largest absolute Gasteiger partial charge is 0.481 e. The first-order valence-electron chi connectivity index (χ1n) is 8.11. The summed E-state index contributed by atoms with van der Waals surface area (Å²) in [7, 11) is 0. The average molecular weight is 306 g/mol. The molecule has 3 unspecified atom stereocenters. The molecule has 0 aliphatic heterocycles. The zero-order valence-corrected chi connectivity index (χ0v) is 13.3. The lowest BCUT2D eigenvalue weighted by Gasteiger charge is -2.16. The number of aliphatic carboxylic acids is 1. The summed E-state index contributed by atoms with van der Waals surface area (Å²) < 4.78 is 0.